The van der Waals surface area contributed by atoms with Gasteiger partial charge in [0.05, 0.1) is 12.2 Å². The molecule has 0 amide bonds. The lowest BCUT2D eigenvalue weighted by Gasteiger charge is -2.06. The van der Waals surface area contributed by atoms with Crippen molar-refractivity contribution in [3.63, 3.8) is 0 Å². The van der Waals surface area contributed by atoms with Crippen LogP contribution in [0, 0.1) is 17.3 Å². The van der Waals surface area contributed by atoms with Gasteiger partial charge in [0.25, 0.3) is 0 Å². The first-order valence-corrected chi connectivity index (χ1v) is 10.4. The van der Waals surface area contributed by atoms with Gasteiger partial charge in [-0.15, -0.1) is 5.54 Å². The zero-order valence-electron chi connectivity index (χ0n) is 12.6. The van der Waals surface area contributed by atoms with Crippen molar-refractivity contribution >= 4 is 13.8 Å². The third kappa shape index (κ3) is 5.40. The van der Waals surface area contributed by atoms with E-state index < -0.39 is 8.07 Å². The minimum Gasteiger partial charge on any atom is -0.379 e. The number of aromatic nitrogens is 1. The summed E-state index contributed by atoms with van der Waals surface area (Å²) in [5, 5.41) is 3.15. The molecule has 108 valence electrons. The summed E-state index contributed by atoms with van der Waals surface area (Å²) in [6.07, 6.45) is 1.79. The summed E-state index contributed by atoms with van der Waals surface area (Å²) in [5.74, 6) is 2.93. The van der Waals surface area contributed by atoms with E-state index in [4.69, 9.17) is 0 Å². The molecule has 21 heavy (non-hydrogen) atoms. The summed E-state index contributed by atoms with van der Waals surface area (Å²) < 4.78 is 13.1. The Morgan fingerprint density at radius 2 is 2.00 bits per heavy atom. The van der Waals surface area contributed by atoms with E-state index in [-0.39, 0.29) is 5.82 Å². The molecule has 1 aromatic heterocycles. The van der Waals surface area contributed by atoms with E-state index in [0.717, 1.165) is 16.9 Å². The fraction of sp³-hybridized carbons (Fsp3) is 0.235. The summed E-state index contributed by atoms with van der Waals surface area (Å²) in [7, 11) is -1.36. The lowest BCUT2D eigenvalue weighted by molar-refractivity contribution is 0.628. The second-order valence-electron chi connectivity index (χ2n) is 5.90. The first-order valence-electron chi connectivity index (χ1n) is 6.90. The van der Waals surface area contributed by atoms with Gasteiger partial charge < -0.3 is 5.32 Å². The van der Waals surface area contributed by atoms with E-state index in [9.17, 15) is 4.39 Å². The highest BCUT2D eigenvalue weighted by molar-refractivity contribution is 6.83. The SMILES string of the molecule is C[Si](C)(C)C#Cc1ccc(CNc2cccc(F)c2)nc1. The molecule has 4 heteroatoms. The molecule has 0 aliphatic rings. The number of halogens is 1. The number of pyridine rings is 1. The predicted molar refractivity (Wildman–Crippen MR) is 88.2 cm³/mol. The van der Waals surface area contributed by atoms with Crippen molar-refractivity contribution in [3.8, 4) is 11.5 Å². The highest BCUT2D eigenvalue weighted by Gasteiger charge is 2.07. The zero-order chi connectivity index (χ0) is 15.3. The quantitative estimate of drug-likeness (QED) is 0.683. The number of hydrogen-bond donors (Lipinski definition) is 1. The van der Waals surface area contributed by atoms with E-state index in [1.807, 2.05) is 18.2 Å². The van der Waals surface area contributed by atoms with Crippen molar-refractivity contribution in [2.45, 2.75) is 26.2 Å². The molecule has 2 rings (SSSR count). The van der Waals surface area contributed by atoms with Crippen LogP contribution in [-0.4, -0.2) is 13.1 Å². The van der Waals surface area contributed by atoms with Crippen LogP contribution >= 0.6 is 0 Å². The number of nitrogens with zero attached hydrogens (tertiary/aromatic N) is 1. The van der Waals surface area contributed by atoms with Crippen LogP contribution in [0.3, 0.4) is 0 Å². The van der Waals surface area contributed by atoms with Crippen LogP contribution in [-0.2, 0) is 6.54 Å². The van der Waals surface area contributed by atoms with Gasteiger partial charge in [0.1, 0.15) is 13.9 Å². The van der Waals surface area contributed by atoms with Gasteiger partial charge in [-0.2, -0.15) is 0 Å². The zero-order valence-corrected chi connectivity index (χ0v) is 13.6. The molecular formula is C17H19FN2Si. The van der Waals surface area contributed by atoms with E-state index in [2.05, 4.69) is 41.4 Å². The molecule has 0 atom stereocenters. The van der Waals surface area contributed by atoms with Gasteiger partial charge in [-0.3, -0.25) is 4.98 Å². The molecule has 0 radical (unpaired) electrons. The van der Waals surface area contributed by atoms with E-state index in [1.165, 1.54) is 12.1 Å². The van der Waals surface area contributed by atoms with Crippen LogP contribution in [0.1, 0.15) is 11.3 Å². The van der Waals surface area contributed by atoms with Crippen LogP contribution in [0.4, 0.5) is 10.1 Å². The standard InChI is InChI=1S/C17H19FN2Si/c1-21(2,3)10-9-14-7-8-17(19-12-14)13-20-16-6-4-5-15(18)11-16/h4-8,11-12,20H,13H2,1-3H3. The van der Waals surface area contributed by atoms with Crippen LogP contribution in [0.15, 0.2) is 42.6 Å². The predicted octanol–water partition coefficient (Wildman–Crippen LogP) is 4.06. The number of rotatable bonds is 3. The average Bonchev–Trinajstić information content (AvgIpc) is 2.43. The molecule has 1 aromatic carbocycles. The van der Waals surface area contributed by atoms with Gasteiger partial charge in [0, 0.05) is 17.4 Å². The average molecular weight is 298 g/mol. The number of nitrogens with one attached hydrogen (secondary N) is 1. The van der Waals surface area contributed by atoms with Gasteiger partial charge >= 0.3 is 0 Å². The minimum absolute atomic E-state index is 0.245. The molecule has 2 nitrogen and oxygen atoms in total. The third-order valence-corrected chi connectivity index (χ3v) is 3.58. The molecule has 1 N–H and O–H groups in total. The summed E-state index contributed by atoms with van der Waals surface area (Å²) in [5.41, 5.74) is 5.90. The molecule has 0 aliphatic carbocycles. The van der Waals surface area contributed by atoms with Gasteiger partial charge in [-0.1, -0.05) is 31.6 Å². The van der Waals surface area contributed by atoms with Crippen molar-refractivity contribution < 1.29 is 4.39 Å². The van der Waals surface area contributed by atoms with E-state index >= 15 is 0 Å². The van der Waals surface area contributed by atoms with Crippen molar-refractivity contribution in [2.24, 2.45) is 0 Å². The molecule has 0 unspecified atom stereocenters. The maximum Gasteiger partial charge on any atom is 0.129 e. The Balaban J connectivity index is 1.98. The molecule has 0 aliphatic heterocycles. The largest absolute Gasteiger partial charge is 0.379 e. The second kappa shape index (κ2) is 6.55. The fourth-order valence-electron chi connectivity index (χ4n) is 1.65. The minimum atomic E-state index is -1.36. The Bertz CT molecular complexity index is 664. The Morgan fingerprint density at radius 3 is 2.62 bits per heavy atom. The highest BCUT2D eigenvalue weighted by Crippen LogP contribution is 2.10. The van der Waals surface area contributed by atoms with Crippen molar-refractivity contribution in [3.05, 3.63) is 59.7 Å². The maximum absolute atomic E-state index is 13.1. The summed E-state index contributed by atoms with van der Waals surface area (Å²) in [6, 6.07) is 10.3. The first-order chi connectivity index (χ1) is 9.92. The van der Waals surface area contributed by atoms with Crippen LogP contribution in [0.5, 0.6) is 0 Å². The Hall–Kier alpha value is -2.12. The normalized spacial score (nSPS) is 10.7. The Kier molecular flexibility index (Phi) is 4.76. The Morgan fingerprint density at radius 1 is 1.19 bits per heavy atom. The van der Waals surface area contributed by atoms with Gasteiger partial charge in [-0.25, -0.2) is 4.39 Å². The summed E-state index contributed by atoms with van der Waals surface area (Å²) >= 11 is 0. The van der Waals surface area contributed by atoms with E-state index in [1.54, 1.807) is 12.3 Å². The lowest BCUT2D eigenvalue weighted by atomic mass is 10.2. The number of hydrogen-bond acceptors (Lipinski definition) is 2. The van der Waals surface area contributed by atoms with Crippen molar-refractivity contribution in [2.75, 3.05) is 5.32 Å². The van der Waals surface area contributed by atoms with Gasteiger partial charge in [-0.05, 0) is 30.3 Å². The second-order valence-corrected chi connectivity index (χ2v) is 10.7. The lowest BCUT2D eigenvalue weighted by Crippen LogP contribution is -2.16. The molecule has 0 spiro atoms. The molecule has 0 saturated heterocycles. The third-order valence-electron chi connectivity index (χ3n) is 2.70. The van der Waals surface area contributed by atoms with Crippen LogP contribution in [0.2, 0.25) is 19.6 Å². The summed E-state index contributed by atoms with van der Waals surface area (Å²) in [6.45, 7) is 7.20. The van der Waals surface area contributed by atoms with Crippen LogP contribution in [0.25, 0.3) is 0 Å². The molecular weight excluding hydrogens is 279 g/mol. The maximum atomic E-state index is 13.1. The molecule has 2 aromatic rings. The number of anilines is 1. The van der Waals surface area contributed by atoms with Gasteiger partial charge in [0.15, 0.2) is 0 Å². The Labute approximate surface area is 126 Å². The van der Waals surface area contributed by atoms with Crippen LogP contribution < -0.4 is 5.32 Å². The molecule has 0 bridgehead atoms. The van der Waals surface area contributed by atoms with Gasteiger partial charge in [0.2, 0.25) is 0 Å². The molecule has 1 heterocycles. The molecule has 0 saturated carbocycles. The number of benzene rings is 1. The van der Waals surface area contributed by atoms with E-state index in [0.29, 0.717) is 6.54 Å². The highest BCUT2D eigenvalue weighted by atomic mass is 28.3. The smallest absolute Gasteiger partial charge is 0.129 e. The van der Waals surface area contributed by atoms with Crippen molar-refractivity contribution in [1.29, 1.82) is 0 Å². The van der Waals surface area contributed by atoms with Crippen molar-refractivity contribution in [1.82, 2.24) is 4.98 Å². The topological polar surface area (TPSA) is 24.9 Å². The fourth-order valence-corrected chi connectivity index (χ4v) is 2.17. The summed E-state index contributed by atoms with van der Waals surface area (Å²) in [4.78, 5) is 4.37. The monoisotopic (exact) mass is 298 g/mol. The first kappa shape index (κ1) is 15.3. The molecule has 0 fully saturated rings.